The number of benzene rings is 1. The number of ether oxygens (including phenoxy) is 1. The van der Waals surface area contributed by atoms with Crippen LogP contribution in [0.25, 0.3) is 10.9 Å². The molecule has 1 amide bonds. The molecule has 26 heavy (non-hydrogen) atoms. The molecule has 3 N–H and O–H groups in total. The SMILES string of the molecule is O=C(CCCCCNc1nc(=S)[nH]c2ccccc12)NC[C@@H]1CCCO1. The van der Waals surface area contributed by atoms with Crippen molar-refractivity contribution in [3.63, 3.8) is 0 Å². The third-order valence-corrected chi connectivity index (χ3v) is 4.75. The Morgan fingerprint density at radius 3 is 3.04 bits per heavy atom. The number of fused-ring (bicyclic) bond motifs is 1. The zero-order valence-corrected chi connectivity index (χ0v) is 15.7. The number of carbonyl (C=O) groups is 1. The quantitative estimate of drug-likeness (QED) is 0.462. The monoisotopic (exact) mass is 374 g/mol. The number of aromatic nitrogens is 2. The second-order valence-electron chi connectivity index (χ2n) is 6.61. The van der Waals surface area contributed by atoms with Gasteiger partial charge in [0.25, 0.3) is 0 Å². The van der Waals surface area contributed by atoms with E-state index in [2.05, 4.69) is 20.6 Å². The molecule has 1 aliphatic rings. The first kappa shape index (κ1) is 18.8. The van der Waals surface area contributed by atoms with Crippen LogP contribution < -0.4 is 10.6 Å². The van der Waals surface area contributed by atoms with Crippen molar-refractivity contribution in [2.75, 3.05) is 25.0 Å². The van der Waals surface area contributed by atoms with E-state index in [1.807, 2.05) is 24.3 Å². The molecular weight excluding hydrogens is 348 g/mol. The average molecular weight is 375 g/mol. The van der Waals surface area contributed by atoms with E-state index in [0.717, 1.165) is 62.0 Å². The van der Waals surface area contributed by atoms with E-state index < -0.39 is 0 Å². The number of unbranched alkanes of at least 4 members (excludes halogenated alkanes) is 2. The maximum atomic E-state index is 11.8. The molecule has 1 saturated heterocycles. The maximum Gasteiger partial charge on any atom is 0.220 e. The minimum Gasteiger partial charge on any atom is -0.376 e. The lowest BCUT2D eigenvalue weighted by atomic mass is 10.1. The maximum absolute atomic E-state index is 11.8. The van der Waals surface area contributed by atoms with Gasteiger partial charge < -0.3 is 20.4 Å². The molecule has 0 spiro atoms. The molecule has 140 valence electrons. The molecule has 0 saturated carbocycles. The van der Waals surface area contributed by atoms with Crippen LogP contribution in [0.3, 0.4) is 0 Å². The van der Waals surface area contributed by atoms with Gasteiger partial charge in [0.2, 0.25) is 5.91 Å². The summed E-state index contributed by atoms with van der Waals surface area (Å²) in [5, 5.41) is 7.36. The fourth-order valence-electron chi connectivity index (χ4n) is 3.15. The van der Waals surface area contributed by atoms with E-state index in [0.29, 0.717) is 17.7 Å². The van der Waals surface area contributed by atoms with Gasteiger partial charge in [-0.15, -0.1) is 0 Å². The van der Waals surface area contributed by atoms with E-state index in [1.165, 1.54) is 0 Å². The first-order valence-corrected chi connectivity index (χ1v) is 9.74. The summed E-state index contributed by atoms with van der Waals surface area (Å²) in [7, 11) is 0. The minimum absolute atomic E-state index is 0.121. The number of aromatic amines is 1. The Labute approximate surface area is 158 Å². The number of hydrogen-bond acceptors (Lipinski definition) is 5. The second-order valence-corrected chi connectivity index (χ2v) is 7.00. The first-order valence-electron chi connectivity index (χ1n) is 9.33. The molecule has 0 unspecified atom stereocenters. The van der Waals surface area contributed by atoms with Gasteiger partial charge in [0.1, 0.15) is 5.82 Å². The number of nitrogens with zero attached hydrogens (tertiary/aromatic N) is 1. The van der Waals surface area contributed by atoms with Crippen molar-refractivity contribution in [2.24, 2.45) is 0 Å². The lowest BCUT2D eigenvalue weighted by Crippen LogP contribution is -2.31. The van der Waals surface area contributed by atoms with Gasteiger partial charge in [0.15, 0.2) is 4.77 Å². The largest absolute Gasteiger partial charge is 0.376 e. The highest BCUT2D eigenvalue weighted by atomic mass is 32.1. The topological polar surface area (TPSA) is 79.0 Å². The average Bonchev–Trinajstić information content (AvgIpc) is 3.16. The van der Waals surface area contributed by atoms with Crippen molar-refractivity contribution in [3.8, 4) is 0 Å². The van der Waals surface area contributed by atoms with Gasteiger partial charge in [-0.2, -0.15) is 0 Å². The molecule has 1 aromatic heterocycles. The number of para-hydroxylation sites is 1. The molecule has 7 heteroatoms. The Balaban J connectivity index is 1.33. The summed E-state index contributed by atoms with van der Waals surface area (Å²) in [5.74, 6) is 0.939. The van der Waals surface area contributed by atoms with Gasteiger partial charge in [-0.3, -0.25) is 4.79 Å². The van der Waals surface area contributed by atoms with Crippen LogP contribution in [0.2, 0.25) is 0 Å². The van der Waals surface area contributed by atoms with Gasteiger partial charge in [-0.25, -0.2) is 4.98 Å². The zero-order chi connectivity index (χ0) is 18.2. The summed E-state index contributed by atoms with van der Waals surface area (Å²) in [4.78, 5) is 19.3. The third-order valence-electron chi connectivity index (χ3n) is 4.56. The van der Waals surface area contributed by atoms with Crippen molar-refractivity contribution in [1.82, 2.24) is 15.3 Å². The predicted molar refractivity (Wildman–Crippen MR) is 106 cm³/mol. The number of carbonyl (C=O) groups excluding carboxylic acids is 1. The molecule has 2 aromatic rings. The van der Waals surface area contributed by atoms with Gasteiger partial charge in [-0.1, -0.05) is 18.6 Å². The van der Waals surface area contributed by atoms with Crippen LogP contribution in [-0.4, -0.2) is 41.7 Å². The summed E-state index contributed by atoms with van der Waals surface area (Å²) in [6.45, 7) is 2.28. The highest BCUT2D eigenvalue weighted by Crippen LogP contribution is 2.19. The minimum atomic E-state index is 0.121. The molecule has 2 heterocycles. The van der Waals surface area contributed by atoms with Crippen LogP contribution in [0.15, 0.2) is 24.3 Å². The lowest BCUT2D eigenvalue weighted by Gasteiger charge is -2.11. The number of hydrogen-bond donors (Lipinski definition) is 3. The highest BCUT2D eigenvalue weighted by Gasteiger charge is 2.15. The summed E-state index contributed by atoms with van der Waals surface area (Å²) in [6, 6.07) is 7.98. The molecule has 1 aliphatic heterocycles. The standard InChI is InChI=1S/C19H26N4O2S/c24-17(21-13-14-7-6-12-25-14)10-2-1-5-11-20-18-15-8-3-4-9-16(15)22-19(26)23-18/h3-4,8-9,14H,1-2,5-7,10-13H2,(H,21,24)(H2,20,22,23,26)/t14-/m0/s1. The Hall–Kier alpha value is -1.99. The fourth-order valence-corrected chi connectivity index (χ4v) is 3.36. The summed E-state index contributed by atoms with van der Waals surface area (Å²) in [6.07, 6.45) is 5.82. The first-order chi connectivity index (χ1) is 12.7. The van der Waals surface area contributed by atoms with E-state index in [1.54, 1.807) is 0 Å². The lowest BCUT2D eigenvalue weighted by molar-refractivity contribution is -0.121. The number of H-pyrrole nitrogens is 1. The van der Waals surface area contributed by atoms with Gasteiger partial charge in [0, 0.05) is 31.5 Å². The van der Waals surface area contributed by atoms with E-state index in [-0.39, 0.29) is 12.0 Å². The molecule has 1 fully saturated rings. The Bertz CT molecular complexity index is 786. The Morgan fingerprint density at radius 1 is 1.31 bits per heavy atom. The normalized spacial score (nSPS) is 16.7. The van der Waals surface area contributed by atoms with Gasteiger partial charge in [-0.05, 0) is 50.0 Å². The van der Waals surface area contributed by atoms with Crippen LogP contribution in [0, 0.1) is 4.77 Å². The van der Waals surface area contributed by atoms with Crippen LogP contribution in [0.5, 0.6) is 0 Å². The van der Waals surface area contributed by atoms with Crippen molar-refractivity contribution in [1.29, 1.82) is 0 Å². The molecule has 1 aromatic carbocycles. The number of amides is 1. The molecule has 6 nitrogen and oxygen atoms in total. The molecule has 0 bridgehead atoms. The Kier molecular flexibility index (Phi) is 6.96. The smallest absolute Gasteiger partial charge is 0.220 e. The number of rotatable bonds is 9. The number of anilines is 1. The molecule has 0 aliphatic carbocycles. The van der Waals surface area contributed by atoms with E-state index >= 15 is 0 Å². The van der Waals surface area contributed by atoms with E-state index in [4.69, 9.17) is 17.0 Å². The van der Waals surface area contributed by atoms with Crippen molar-refractivity contribution in [3.05, 3.63) is 29.0 Å². The Morgan fingerprint density at radius 2 is 2.19 bits per heavy atom. The molecular formula is C19H26N4O2S. The van der Waals surface area contributed by atoms with Crippen LogP contribution in [0.4, 0.5) is 5.82 Å². The molecule has 1 atom stereocenters. The van der Waals surface area contributed by atoms with Crippen LogP contribution in [-0.2, 0) is 9.53 Å². The van der Waals surface area contributed by atoms with Crippen molar-refractivity contribution >= 4 is 34.8 Å². The summed E-state index contributed by atoms with van der Waals surface area (Å²) >= 11 is 5.18. The zero-order valence-electron chi connectivity index (χ0n) is 14.9. The van der Waals surface area contributed by atoms with Crippen LogP contribution >= 0.6 is 12.2 Å². The summed E-state index contributed by atoms with van der Waals surface area (Å²) in [5.41, 5.74) is 0.984. The highest BCUT2D eigenvalue weighted by molar-refractivity contribution is 7.71. The molecule has 0 radical (unpaired) electrons. The molecule has 3 rings (SSSR count). The third kappa shape index (κ3) is 5.51. The van der Waals surface area contributed by atoms with Crippen molar-refractivity contribution < 1.29 is 9.53 Å². The van der Waals surface area contributed by atoms with E-state index in [9.17, 15) is 4.79 Å². The fraction of sp³-hybridized carbons (Fsp3) is 0.526. The number of nitrogens with one attached hydrogen (secondary N) is 3. The second kappa shape index (κ2) is 9.64. The van der Waals surface area contributed by atoms with Gasteiger partial charge >= 0.3 is 0 Å². The van der Waals surface area contributed by atoms with Crippen molar-refractivity contribution in [2.45, 2.75) is 44.6 Å². The summed E-state index contributed by atoms with van der Waals surface area (Å²) < 4.78 is 5.98. The van der Waals surface area contributed by atoms with Crippen LogP contribution in [0.1, 0.15) is 38.5 Å². The predicted octanol–water partition coefficient (Wildman–Crippen LogP) is 3.56. The van der Waals surface area contributed by atoms with Gasteiger partial charge in [0.05, 0.1) is 11.6 Å².